The van der Waals surface area contributed by atoms with Gasteiger partial charge in [0.1, 0.15) is 0 Å². The van der Waals surface area contributed by atoms with Crippen LogP contribution in [-0.2, 0) is 17.8 Å². The van der Waals surface area contributed by atoms with E-state index >= 15 is 0 Å². The Labute approximate surface area is 131 Å². The number of hydrogen-bond donors (Lipinski definition) is 1. The fraction of sp³-hybridized carbons (Fsp3) is 0.684. The van der Waals surface area contributed by atoms with Crippen LogP contribution in [0.15, 0.2) is 24.3 Å². The number of likely N-dealkylation sites (N-methyl/N-ethyl adjacent to an activating group) is 1. The van der Waals surface area contributed by atoms with Crippen molar-refractivity contribution < 1.29 is 4.74 Å². The van der Waals surface area contributed by atoms with Crippen molar-refractivity contribution in [3.8, 4) is 0 Å². The van der Waals surface area contributed by atoms with E-state index in [9.17, 15) is 0 Å². The molecule has 1 rings (SSSR count). The van der Waals surface area contributed by atoms with E-state index in [1.54, 1.807) is 0 Å². The molecular weight excluding hydrogens is 258 g/mol. The van der Waals surface area contributed by atoms with E-state index in [0.717, 1.165) is 38.6 Å². The molecule has 0 bridgehead atoms. The summed E-state index contributed by atoms with van der Waals surface area (Å²) >= 11 is 0. The minimum Gasteiger partial charge on any atom is -0.376 e. The summed E-state index contributed by atoms with van der Waals surface area (Å²) in [6, 6.07) is 8.86. The number of ether oxygens (including phenoxy) is 1. The first-order chi connectivity index (χ1) is 10.3. The molecule has 1 atom stereocenters. The first-order valence-corrected chi connectivity index (χ1v) is 8.66. The first kappa shape index (κ1) is 18.2. The van der Waals surface area contributed by atoms with Gasteiger partial charge in [0.25, 0.3) is 0 Å². The maximum absolute atomic E-state index is 5.90. The SMILES string of the molecule is CCCCC(CC)COCc1ccc(CCNCC)cc1. The molecule has 1 N–H and O–H groups in total. The first-order valence-electron chi connectivity index (χ1n) is 8.66. The lowest BCUT2D eigenvalue weighted by Gasteiger charge is -2.14. The van der Waals surface area contributed by atoms with Crippen molar-refractivity contribution in [3.05, 3.63) is 35.4 Å². The van der Waals surface area contributed by atoms with Gasteiger partial charge in [-0.25, -0.2) is 0 Å². The number of nitrogens with one attached hydrogen (secondary N) is 1. The second-order valence-electron chi connectivity index (χ2n) is 5.85. The highest BCUT2D eigenvalue weighted by molar-refractivity contribution is 5.22. The van der Waals surface area contributed by atoms with E-state index in [2.05, 4.69) is 50.4 Å². The molecule has 0 aliphatic heterocycles. The standard InChI is InChI=1S/C19H33NO/c1-4-7-8-17(5-2)15-21-16-19-11-9-18(10-12-19)13-14-20-6-3/h9-12,17,20H,4-8,13-16H2,1-3H3. The Morgan fingerprint density at radius 2 is 1.76 bits per heavy atom. The molecule has 0 amide bonds. The van der Waals surface area contributed by atoms with E-state index in [1.807, 2.05) is 0 Å². The van der Waals surface area contributed by atoms with Crippen molar-refractivity contribution in [2.45, 2.75) is 59.5 Å². The number of rotatable bonds is 12. The van der Waals surface area contributed by atoms with Gasteiger partial charge < -0.3 is 10.1 Å². The summed E-state index contributed by atoms with van der Waals surface area (Å²) in [5.74, 6) is 0.726. The average Bonchev–Trinajstić information content (AvgIpc) is 2.52. The zero-order chi connectivity index (χ0) is 15.3. The quantitative estimate of drug-likeness (QED) is 0.569. The predicted octanol–water partition coefficient (Wildman–Crippen LogP) is 4.57. The van der Waals surface area contributed by atoms with Crippen LogP contribution in [0.3, 0.4) is 0 Å². The highest BCUT2D eigenvalue weighted by Crippen LogP contribution is 2.14. The van der Waals surface area contributed by atoms with Crippen molar-refractivity contribution in [2.75, 3.05) is 19.7 Å². The molecule has 120 valence electrons. The minimum absolute atomic E-state index is 0.726. The molecule has 1 aromatic rings. The predicted molar refractivity (Wildman–Crippen MR) is 91.7 cm³/mol. The lowest BCUT2D eigenvalue weighted by Crippen LogP contribution is -2.16. The van der Waals surface area contributed by atoms with Gasteiger partial charge in [0.2, 0.25) is 0 Å². The maximum atomic E-state index is 5.90. The topological polar surface area (TPSA) is 21.3 Å². The van der Waals surface area contributed by atoms with Crippen molar-refractivity contribution in [3.63, 3.8) is 0 Å². The lowest BCUT2D eigenvalue weighted by atomic mass is 10.0. The van der Waals surface area contributed by atoms with Crippen LogP contribution in [0.5, 0.6) is 0 Å². The van der Waals surface area contributed by atoms with Crippen molar-refractivity contribution in [1.29, 1.82) is 0 Å². The molecule has 2 heteroatoms. The molecule has 0 radical (unpaired) electrons. The summed E-state index contributed by atoms with van der Waals surface area (Å²) in [4.78, 5) is 0. The van der Waals surface area contributed by atoms with Gasteiger partial charge >= 0.3 is 0 Å². The van der Waals surface area contributed by atoms with Gasteiger partial charge in [-0.05, 0) is 43.0 Å². The smallest absolute Gasteiger partial charge is 0.0717 e. The van der Waals surface area contributed by atoms with E-state index in [1.165, 1.54) is 36.8 Å². The van der Waals surface area contributed by atoms with Gasteiger partial charge in [-0.1, -0.05) is 64.3 Å². The highest BCUT2D eigenvalue weighted by atomic mass is 16.5. The third-order valence-electron chi connectivity index (χ3n) is 4.03. The summed E-state index contributed by atoms with van der Waals surface area (Å²) in [5.41, 5.74) is 2.68. The molecule has 1 unspecified atom stereocenters. The molecule has 2 nitrogen and oxygen atoms in total. The maximum Gasteiger partial charge on any atom is 0.0717 e. The Morgan fingerprint density at radius 1 is 1.05 bits per heavy atom. The van der Waals surface area contributed by atoms with Crippen LogP contribution in [0.25, 0.3) is 0 Å². The normalized spacial score (nSPS) is 12.5. The number of benzene rings is 1. The van der Waals surface area contributed by atoms with Crippen LogP contribution in [0.1, 0.15) is 57.6 Å². The zero-order valence-corrected chi connectivity index (χ0v) is 14.2. The number of hydrogen-bond acceptors (Lipinski definition) is 2. The highest BCUT2D eigenvalue weighted by Gasteiger charge is 2.06. The van der Waals surface area contributed by atoms with Crippen LogP contribution in [0.4, 0.5) is 0 Å². The Bertz CT molecular complexity index is 347. The molecule has 0 saturated carbocycles. The Morgan fingerprint density at radius 3 is 2.38 bits per heavy atom. The van der Waals surface area contributed by atoms with Gasteiger partial charge in [0, 0.05) is 6.61 Å². The third kappa shape index (κ3) is 8.23. The molecule has 21 heavy (non-hydrogen) atoms. The van der Waals surface area contributed by atoms with Gasteiger partial charge in [-0.15, -0.1) is 0 Å². The van der Waals surface area contributed by atoms with Crippen LogP contribution >= 0.6 is 0 Å². The van der Waals surface area contributed by atoms with E-state index in [4.69, 9.17) is 4.74 Å². The molecule has 0 fully saturated rings. The van der Waals surface area contributed by atoms with Crippen LogP contribution in [0.2, 0.25) is 0 Å². The van der Waals surface area contributed by atoms with Crippen molar-refractivity contribution in [1.82, 2.24) is 5.32 Å². The van der Waals surface area contributed by atoms with E-state index in [0.29, 0.717) is 0 Å². The Kier molecular flexibility index (Phi) is 10.2. The molecular formula is C19H33NO. The fourth-order valence-corrected chi connectivity index (χ4v) is 2.45. The Balaban J connectivity index is 2.25. The molecule has 0 aliphatic carbocycles. The second-order valence-corrected chi connectivity index (χ2v) is 5.85. The van der Waals surface area contributed by atoms with Crippen molar-refractivity contribution >= 4 is 0 Å². The average molecular weight is 291 g/mol. The summed E-state index contributed by atoms with van der Waals surface area (Å²) < 4.78 is 5.90. The van der Waals surface area contributed by atoms with E-state index in [-0.39, 0.29) is 0 Å². The fourth-order valence-electron chi connectivity index (χ4n) is 2.45. The molecule has 1 aromatic carbocycles. The number of unbranched alkanes of at least 4 members (excludes halogenated alkanes) is 1. The second kappa shape index (κ2) is 11.8. The molecule has 0 aromatic heterocycles. The van der Waals surface area contributed by atoms with Crippen LogP contribution in [0, 0.1) is 5.92 Å². The zero-order valence-electron chi connectivity index (χ0n) is 14.2. The van der Waals surface area contributed by atoms with Gasteiger partial charge in [0.05, 0.1) is 6.61 Å². The third-order valence-corrected chi connectivity index (χ3v) is 4.03. The summed E-state index contributed by atoms with van der Waals surface area (Å²) in [6.45, 7) is 10.4. The summed E-state index contributed by atoms with van der Waals surface area (Å²) in [7, 11) is 0. The Hall–Kier alpha value is -0.860. The van der Waals surface area contributed by atoms with Gasteiger partial charge in [-0.3, -0.25) is 0 Å². The molecule has 0 heterocycles. The molecule has 0 spiro atoms. The van der Waals surface area contributed by atoms with E-state index < -0.39 is 0 Å². The summed E-state index contributed by atoms with van der Waals surface area (Å²) in [5, 5.41) is 3.36. The van der Waals surface area contributed by atoms with Gasteiger partial charge in [0.15, 0.2) is 0 Å². The monoisotopic (exact) mass is 291 g/mol. The molecule has 0 saturated heterocycles. The molecule has 0 aliphatic rings. The lowest BCUT2D eigenvalue weighted by molar-refractivity contribution is 0.0820. The summed E-state index contributed by atoms with van der Waals surface area (Å²) in [6.07, 6.45) is 6.23. The minimum atomic E-state index is 0.726. The van der Waals surface area contributed by atoms with Crippen LogP contribution in [-0.4, -0.2) is 19.7 Å². The van der Waals surface area contributed by atoms with Crippen molar-refractivity contribution in [2.24, 2.45) is 5.92 Å². The largest absolute Gasteiger partial charge is 0.376 e. The van der Waals surface area contributed by atoms with Crippen LogP contribution < -0.4 is 5.32 Å². The van der Waals surface area contributed by atoms with Gasteiger partial charge in [-0.2, -0.15) is 0 Å².